The molecular formula is C11H21N3O3. The van der Waals surface area contributed by atoms with Gasteiger partial charge in [0.1, 0.15) is 0 Å². The number of hydrogen-bond acceptors (Lipinski definition) is 4. The second kappa shape index (κ2) is 5.97. The minimum Gasteiger partial charge on any atom is -0.396 e. The lowest BCUT2D eigenvalue weighted by Crippen LogP contribution is -2.44. The standard InChI is InChI=1S/C11H21N3O3/c1-14(2)6-5-12-9(16)10(17)13-7-11(8-15)3-4-11/h15H,3-8H2,1-2H3,(H,12,16)(H,13,17). The van der Waals surface area contributed by atoms with Crippen molar-refractivity contribution in [2.45, 2.75) is 12.8 Å². The Labute approximate surface area is 101 Å². The molecule has 0 atom stereocenters. The molecule has 1 aliphatic rings. The summed E-state index contributed by atoms with van der Waals surface area (Å²) in [6, 6.07) is 0. The average molecular weight is 243 g/mol. The number of nitrogens with one attached hydrogen (secondary N) is 2. The van der Waals surface area contributed by atoms with Crippen LogP contribution >= 0.6 is 0 Å². The van der Waals surface area contributed by atoms with E-state index >= 15 is 0 Å². The van der Waals surface area contributed by atoms with E-state index in [0.29, 0.717) is 19.6 Å². The van der Waals surface area contributed by atoms with Crippen LogP contribution in [0.15, 0.2) is 0 Å². The van der Waals surface area contributed by atoms with Crippen molar-refractivity contribution in [3.05, 3.63) is 0 Å². The van der Waals surface area contributed by atoms with Crippen LogP contribution in [-0.2, 0) is 9.59 Å². The van der Waals surface area contributed by atoms with Crippen LogP contribution in [0.3, 0.4) is 0 Å². The second-order valence-electron chi connectivity index (χ2n) is 4.90. The fourth-order valence-corrected chi connectivity index (χ4v) is 1.39. The molecule has 1 fully saturated rings. The number of nitrogens with zero attached hydrogens (tertiary/aromatic N) is 1. The number of likely N-dealkylation sites (N-methyl/N-ethyl adjacent to an activating group) is 1. The first kappa shape index (κ1) is 13.9. The molecule has 0 heterocycles. The summed E-state index contributed by atoms with van der Waals surface area (Å²) < 4.78 is 0. The SMILES string of the molecule is CN(C)CCNC(=O)C(=O)NCC1(CO)CC1. The van der Waals surface area contributed by atoms with Crippen LogP contribution in [0.4, 0.5) is 0 Å². The van der Waals surface area contributed by atoms with Gasteiger partial charge in [-0.1, -0.05) is 0 Å². The van der Waals surface area contributed by atoms with Crippen molar-refractivity contribution in [3.63, 3.8) is 0 Å². The molecule has 0 bridgehead atoms. The molecule has 0 spiro atoms. The van der Waals surface area contributed by atoms with Gasteiger partial charge in [-0.15, -0.1) is 0 Å². The normalized spacial score (nSPS) is 16.7. The van der Waals surface area contributed by atoms with Crippen molar-refractivity contribution in [2.75, 3.05) is 40.3 Å². The summed E-state index contributed by atoms with van der Waals surface area (Å²) in [5.74, 6) is -1.23. The molecule has 1 saturated carbocycles. The van der Waals surface area contributed by atoms with E-state index in [0.717, 1.165) is 12.8 Å². The first-order chi connectivity index (χ1) is 7.99. The van der Waals surface area contributed by atoms with Crippen LogP contribution in [0.5, 0.6) is 0 Å². The molecule has 17 heavy (non-hydrogen) atoms. The number of carbonyl (C=O) groups is 2. The zero-order chi connectivity index (χ0) is 12.9. The molecule has 0 saturated heterocycles. The first-order valence-electron chi connectivity index (χ1n) is 5.81. The van der Waals surface area contributed by atoms with E-state index in [4.69, 9.17) is 5.11 Å². The van der Waals surface area contributed by atoms with Gasteiger partial charge in [0.05, 0.1) is 6.61 Å². The quantitative estimate of drug-likeness (QED) is 0.499. The smallest absolute Gasteiger partial charge is 0.309 e. The van der Waals surface area contributed by atoms with Crippen LogP contribution in [-0.4, -0.2) is 62.2 Å². The summed E-state index contributed by atoms with van der Waals surface area (Å²) in [6.45, 7) is 1.59. The zero-order valence-corrected chi connectivity index (χ0v) is 10.5. The predicted molar refractivity (Wildman–Crippen MR) is 63.3 cm³/mol. The molecule has 6 heteroatoms. The number of carbonyl (C=O) groups excluding carboxylic acids is 2. The maximum atomic E-state index is 11.4. The van der Waals surface area contributed by atoms with Gasteiger partial charge in [-0.05, 0) is 26.9 Å². The Kier molecular flexibility index (Phi) is 4.89. The van der Waals surface area contributed by atoms with Gasteiger partial charge in [-0.25, -0.2) is 0 Å². The molecule has 1 aliphatic carbocycles. The molecule has 6 nitrogen and oxygen atoms in total. The van der Waals surface area contributed by atoms with Crippen molar-refractivity contribution in [3.8, 4) is 0 Å². The highest BCUT2D eigenvalue weighted by molar-refractivity contribution is 6.35. The van der Waals surface area contributed by atoms with Gasteiger partial charge >= 0.3 is 11.8 Å². The highest BCUT2D eigenvalue weighted by atomic mass is 16.3. The lowest BCUT2D eigenvalue weighted by molar-refractivity contribution is -0.139. The van der Waals surface area contributed by atoms with Gasteiger partial charge in [0.2, 0.25) is 0 Å². The Morgan fingerprint density at radius 2 is 1.82 bits per heavy atom. The number of aliphatic hydroxyl groups is 1. The van der Waals surface area contributed by atoms with Gasteiger partial charge in [-0.2, -0.15) is 0 Å². The molecule has 0 aliphatic heterocycles. The van der Waals surface area contributed by atoms with E-state index < -0.39 is 11.8 Å². The number of hydrogen-bond donors (Lipinski definition) is 3. The van der Waals surface area contributed by atoms with Crippen molar-refractivity contribution >= 4 is 11.8 Å². The molecular weight excluding hydrogens is 222 g/mol. The molecule has 0 unspecified atom stereocenters. The Morgan fingerprint density at radius 3 is 2.29 bits per heavy atom. The van der Waals surface area contributed by atoms with Crippen LogP contribution < -0.4 is 10.6 Å². The molecule has 0 aromatic rings. The third kappa shape index (κ3) is 4.70. The number of aliphatic hydroxyl groups excluding tert-OH is 1. The largest absolute Gasteiger partial charge is 0.396 e. The number of rotatable bonds is 6. The highest BCUT2D eigenvalue weighted by Crippen LogP contribution is 2.44. The fourth-order valence-electron chi connectivity index (χ4n) is 1.39. The van der Waals surface area contributed by atoms with Gasteiger partial charge in [0.15, 0.2) is 0 Å². The summed E-state index contributed by atoms with van der Waals surface area (Å²) in [6.07, 6.45) is 1.82. The van der Waals surface area contributed by atoms with Gasteiger partial charge in [0, 0.05) is 25.0 Å². The molecule has 0 aromatic carbocycles. The Morgan fingerprint density at radius 1 is 1.24 bits per heavy atom. The highest BCUT2D eigenvalue weighted by Gasteiger charge is 2.42. The molecule has 3 N–H and O–H groups in total. The summed E-state index contributed by atoms with van der Waals surface area (Å²) in [4.78, 5) is 24.7. The Balaban J connectivity index is 2.16. The maximum Gasteiger partial charge on any atom is 0.309 e. The van der Waals surface area contributed by atoms with Gasteiger partial charge in [0.25, 0.3) is 0 Å². The Hall–Kier alpha value is -1.14. The zero-order valence-electron chi connectivity index (χ0n) is 10.5. The predicted octanol–water partition coefficient (Wildman–Crippen LogP) is -1.45. The van der Waals surface area contributed by atoms with Gasteiger partial charge < -0.3 is 20.6 Å². The lowest BCUT2D eigenvalue weighted by Gasteiger charge is -2.13. The summed E-state index contributed by atoms with van der Waals surface area (Å²) >= 11 is 0. The molecule has 98 valence electrons. The van der Waals surface area contributed by atoms with Crippen LogP contribution in [0.25, 0.3) is 0 Å². The molecule has 2 amide bonds. The Bertz CT molecular complexity index is 288. The van der Waals surface area contributed by atoms with E-state index in [2.05, 4.69) is 10.6 Å². The topological polar surface area (TPSA) is 81.7 Å². The molecule has 1 rings (SSSR count). The summed E-state index contributed by atoms with van der Waals surface area (Å²) in [7, 11) is 3.79. The van der Waals surface area contributed by atoms with Crippen LogP contribution in [0, 0.1) is 5.41 Å². The van der Waals surface area contributed by atoms with E-state index in [9.17, 15) is 9.59 Å². The average Bonchev–Trinajstić information content (AvgIpc) is 3.06. The molecule has 0 radical (unpaired) electrons. The first-order valence-corrected chi connectivity index (χ1v) is 5.81. The van der Waals surface area contributed by atoms with Crippen molar-refractivity contribution in [1.29, 1.82) is 0 Å². The van der Waals surface area contributed by atoms with E-state index in [1.165, 1.54) is 0 Å². The van der Waals surface area contributed by atoms with Crippen LogP contribution in [0.2, 0.25) is 0 Å². The molecule has 0 aromatic heterocycles. The van der Waals surface area contributed by atoms with Gasteiger partial charge in [-0.3, -0.25) is 9.59 Å². The maximum absolute atomic E-state index is 11.4. The fraction of sp³-hybridized carbons (Fsp3) is 0.818. The van der Waals surface area contributed by atoms with E-state index in [1.54, 1.807) is 0 Å². The van der Waals surface area contributed by atoms with E-state index in [1.807, 2.05) is 19.0 Å². The van der Waals surface area contributed by atoms with Crippen LogP contribution in [0.1, 0.15) is 12.8 Å². The summed E-state index contributed by atoms with van der Waals surface area (Å²) in [5.41, 5.74) is -0.167. The number of amides is 2. The summed E-state index contributed by atoms with van der Waals surface area (Å²) in [5, 5.41) is 14.1. The van der Waals surface area contributed by atoms with Crippen molar-refractivity contribution in [2.24, 2.45) is 5.41 Å². The lowest BCUT2D eigenvalue weighted by atomic mass is 10.1. The monoisotopic (exact) mass is 243 g/mol. The minimum atomic E-state index is -0.622. The minimum absolute atomic E-state index is 0.0650. The van der Waals surface area contributed by atoms with E-state index in [-0.39, 0.29) is 12.0 Å². The third-order valence-electron chi connectivity index (χ3n) is 2.97. The van der Waals surface area contributed by atoms with Crippen molar-refractivity contribution < 1.29 is 14.7 Å². The third-order valence-corrected chi connectivity index (χ3v) is 2.97. The van der Waals surface area contributed by atoms with Crippen molar-refractivity contribution in [1.82, 2.24) is 15.5 Å². The second-order valence-corrected chi connectivity index (χ2v) is 4.90.